The highest BCUT2D eigenvalue weighted by molar-refractivity contribution is 7.79. The molecule has 0 radical (unpaired) electrons. The third kappa shape index (κ3) is 2.18. The van der Waals surface area contributed by atoms with Gasteiger partial charge in [-0.3, -0.25) is 4.79 Å². The summed E-state index contributed by atoms with van der Waals surface area (Å²) < 4.78 is 0. The van der Waals surface area contributed by atoms with Crippen molar-refractivity contribution in [3.05, 3.63) is 28.8 Å². The number of carbonyl (C=O) groups is 1. The topological polar surface area (TPSA) is 57.5 Å². The van der Waals surface area contributed by atoms with Crippen molar-refractivity contribution < 1.29 is 14.8 Å². The summed E-state index contributed by atoms with van der Waals surface area (Å²) in [5.41, 5.74) is 2.22. The monoisotopic (exact) mass is 210 g/mol. The number of hydrogen-bond donors (Lipinski definition) is 3. The van der Waals surface area contributed by atoms with E-state index in [9.17, 15) is 4.79 Å². The zero-order chi connectivity index (χ0) is 10.7. The fourth-order valence-electron chi connectivity index (χ4n) is 1.31. The largest absolute Gasteiger partial charge is 0.488 e. The van der Waals surface area contributed by atoms with Crippen molar-refractivity contribution in [2.45, 2.75) is 12.7 Å². The lowest BCUT2D eigenvalue weighted by Crippen LogP contribution is -2.33. The maximum absolute atomic E-state index is 10.7. The standard InChI is InChI=1S/C9H11BO3S/c1-6-8(4-11)2-7(5-14)3-9(6)10(12)13/h2-4,12-14H,5H2,1H3. The van der Waals surface area contributed by atoms with Crippen molar-refractivity contribution >= 4 is 31.5 Å². The van der Waals surface area contributed by atoms with Crippen LogP contribution in [0.25, 0.3) is 0 Å². The number of rotatable bonds is 3. The Morgan fingerprint density at radius 1 is 1.50 bits per heavy atom. The SMILES string of the molecule is Cc1c(C=O)cc(CS)cc1B(O)O. The molecule has 0 aliphatic heterocycles. The molecule has 0 atom stereocenters. The van der Waals surface area contributed by atoms with E-state index in [1.54, 1.807) is 19.1 Å². The van der Waals surface area contributed by atoms with Crippen molar-refractivity contribution in [3.8, 4) is 0 Å². The van der Waals surface area contributed by atoms with Crippen LogP contribution in [0.5, 0.6) is 0 Å². The van der Waals surface area contributed by atoms with Crippen LogP contribution in [0.4, 0.5) is 0 Å². The Morgan fingerprint density at radius 3 is 2.57 bits per heavy atom. The van der Waals surface area contributed by atoms with Crippen LogP contribution in [0.3, 0.4) is 0 Å². The molecule has 1 rings (SSSR count). The van der Waals surface area contributed by atoms with Gasteiger partial charge in [0.2, 0.25) is 0 Å². The Labute approximate surface area is 88.3 Å². The molecule has 1 aromatic carbocycles. The molecule has 0 aliphatic rings. The van der Waals surface area contributed by atoms with E-state index in [4.69, 9.17) is 10.0 Å². The van der Waals surface area contributed by atoms with Gasteiger partial charge in [-0.15, -0.1) is 0 Å². The Morgan fingerprint density at radius 2 is 2.14 bits per heavy atom. The summed E-state index contributed by atoms with van der Waals surface area (Å²) in [6.07, 6.45) is 0.703. The van der Waals surface area contributed by atoms with Gasteiger partial charge in [0, 0.05) is 11.3 Å². The van der Waals surface area contributed by atoms with Gasteiger partial charge in [0.1, 0.15) is 6.29 Å². The number of hydrogen-bond acceptors (Lipinski definition) is 4. The van der Waals surface area contributed by atoms with Gasteiger partial charge in [-0.1, -0.05) is 6.07 Å². The van der Waals surface area contributed by atoms with Gasteiger partial charge in [-0.25, -0.2) is 0 Å². The Balaban J connectivity index is 3.34. The summed E-state index contributed by atoms with van der Waals surface area (Å²) in [6, 6.07) is 3.33. The minimum atomic E-state index is -1.55. The maximum atomic E-state index is 10.7. The smallest absolute Gasteiger partial charge is 0.423 e. The summed E-state index contributed by atoms with van der Waals surface area (Å²) in [6.45, 7) is 1.68. The molecule has 0 unspecified atom stereocenters. The summed E-state index contributed by atoms with van der Waals surface area (Å²) in [5, 5.41) is 18.1. The molecule has 0 spiro atoms. The minimum Gasteiger partial charge on any atom is -0.423 e. The van der Waals surface area contributed by atoms with Gasteiger partial charge in [0.25, 0.3) is 0 Å². The molecule has 0 aromatic heterocycles. The van der Waals surface area contributed by atoms with Crippen LogP contribution >= 0.6 is 12.6 Å². The lowest BCUT2D eigenvalue weighted by atomic mass is 9.75. The molecule has 3 nitrogen and oxygen atoms in total. The van der Waals surface area contributed by atoms with Crippen LogP contribution in [0, 0.1) is 6.92 Å². The molecule has 0 aliphatic carbocycles. The van der Waals surface area contributed by atoms with E-state index in [1.807, 2.05) is 0 Å². The molecule has 0 saturated heterocycles. The summed E-state index contributed by atoms with van der Waals surface area (Å²) in [4.78, 5) is 10.7. The molecular formula is C9H11BO3S. The number of thiol groups is 1. The van der Waals surface area contributed by atoms with Gasteiger partial charge >= 0.3 is 7.12 Å². The zero-order valence-corrected chi connectivity index (χ0v) is 8.66. The quantitative estimate of drug-likeness (QED) is 0.371. The first kappa shape index (κ1) is 11.3. The van der Waals surface area contributed by atoms with Crippen LogP contribution in [0.15, 0.2) is 12.1 Å². The molecular weight excluding hydrogens is 199 g/mol. The van der Waals surface area contributed by atoms with Crippen molar-refractivity contribution in [2.24, 2.45) is 0 Å². The molecule has 2 N–H and O–H groups in total. The van der Waals surface area contributed by atoms with E-state index in [-0.39, 0.29) is 0 Å². The highest BCUT2D eigenvalue weighted by Gasteiger charge is 2.16. The van der Waals surface area contributed by atoms with Gasteiger partial charge in [0.15, 0.2) is 0 Å². The van der Waals surface area contributed by atoms with Gasteiger partial charge in [-0.05, 0) is 29.6 Å². The molecule has 1 aromatic rings. The van der Waals surface area contributed by atoms with Crippen LogP contribution in [-0.4, -0.2) is 23.5 Å². The van der Waals surface area contributed by atoms with E-state index in [1.165, 1.54) is 0 Å². The van der Waals surface area contributed by atoms with Crippen LogP contribution in [0.2, 0.25) is 0 Å². The van der Waals surface area contributed by atoms with Crippen molar-refractivity contribution in [2.75, 3.05) is 0 Å². The molecule has 0 saturated carbocycles. The van der Waals surface area contributed by atoms with Crippen molar-refractivity contribution in [1.82, 2.24) is 0 Å². The van der Waals surface area contributed by atoms with Crippen LogP contribution in [-0.2, 0) is 5.75 Å². The summed E-state index contributed by atoms with van der Waals surface area (Å²) >= 11 is 4.07. The van der Waals surface area contributed by atoms with Gasteiger partial charge in [-0.2, -0.15) is 12.6 Å². The second kappa shape index (κ2) is 4.64. The van der Waals surface area contributed by atoms with Crippen molar-refractivity contribution in [3.63, 3.8) is 0 Å². The van der Waals surface area contributed by atoms with E-state index in [0.29, 0.717) is 28.6 Å². The second-order valence-electron chi connectivity index (χ2n) is 3.05. The fourth-order valence-corrected chi connectivity index (χ4v) is 1.49. The normalized spacial score (nSPS) is 10.0. The number of carbonyl (C=O) groups excluding carboxylic acids is 1. The molecule has 0 heterocycles. The molecule has 74 valence electrons. The summed E-state index contributed by atoms with van der Waals surface area (Å²) in [7, 11) is -1.55. The first-order chi connectivity index (χ1) is 6.60. The highest BCUT2D eigenvalue weighted by atomic mass is 32.1. The van der Waals surface area contributed by atoms with Gasteiger partial charge in [0.05, 0.1) is 0 Å². The zero-order valence-electron chi connectivity index (χ0n) is 7.77. The van der Waals surface area contributed by atoms with Gasteiger partial charge < -0.3 is 10.0 Å². The maximum Gasteiger partial charge on any atom is 0.488 e. The molecule has 0 amide bonds. The van der Waals surface area contributed by atoms with E-state index in [2.05, 4.69) is 12.6 Å². The number of aldehydes is 1. The summed E-state index contributed by atoms with van der Waals surface area (Å²) in [5.74, 6) is 0.459. The van der Waals surface area contributed by atoms with Crippen molar-refractivity contribution in [1.29, 1.82) is 0 Å². The molecule has 0 bridgehead atoms. The number of benzene rings is 1. The van der Waals surface area contributed by atoms with Crippen LogP contribution in [0.1, 0.15) is 21.5 Å². The van der Waals surface area contributed by atoms with E-state index < -0.39 is 7.12 Å². The predicted molar refractivity (Wildman–Crippen MR) is 59.1 cm³/mol. The van der Waals surface area contributed by atoms with E-state index in [0.717, 1.165) is 5.56 Å². The lowest BCUT2D eigenvalue weighted by Gasteiger charge is -2.09. The molecule has 0 fully saturated rings. The first-order valence-corrected chi connectivity index (χ1v) is 4.79. The Kier molecular flexibility index (Phi) is 3.74. The fraction of sp³-hybridized carbons (Fsp3) is 0.222. The highest BCUT2D eigenvalue weighted by Crippen LogP contribution is 2.09. The first-order valence-electron chi connectivity index (χ1n) is 4.15. The Bertz CT molecular complexity index is 352. The average Bonchev–Trinajstić information content (AvgIpc) is 2.17. The Hall–Kier alpha value is -0.775. The molecule has 14 heavy (non-hydrogen) atoms. The third-order valence-corrected chi connectivity index (χ3v) is 2.50. The molecule has 5 heteroatoms. The average molecular weight is 210 g/mol. The lowest BCUT2D eigenvalue weighted by molar-refractivity contribution is 0.112. The van der Waals surface area contributed by atoms with E-state index >= 15 is 0 Å². The minimum absolute atomic E-state index is 0.360. The second-order valence-corrected chi connectivity index (χ2v) is 3.37. The van der Waals surface area contributed by atoms with Crippen LogP contribution < -0.4 is 5.46 Å². The third-order valence-electron chi connectivity index (χ3n) is 2.14. The predicted octanol–water partition coefficient (Wildman–Crippen LogP) is -0.0829.